The number of hydrogen-bond acceptors (Lipinski definition) is 2. The average molecular weight is 286 g/mol. The first-order valence-electron chi connectivity index (χ1n) is 5.82. The van der Waals surface area contributed by atoms with Gasteiger partial charge in [-0.15, -0.1) is 0 Å². The minimum atomic E-state index is 0.773. The minimum Gasteiger partial charge on any atom is -0.383 e. The zero-order chi connectivity index (χ0) is 11.8. The molecular weight excluding hydrogens is 266 g/mol. The second-order valence-corrected chi connectivity index (χ2v) is 4.77. The summed E-state index contributed by atoms with van der Waals surface area (Å²) in [5.74, 6) is 0. The normalized spacial score (nSPS) is 10.4. The van der Waals surface area contributed by atoms with Crippen LogP contribution in [0.4, 0.5) is 5.69 Å². The summed E-state index contributed by atoms with van der Waals surface area (Å²) in [6.07, 6.45) is 2.34. The van der Waals surface area contributed by atoms with Crippen LogP contribution >= 0.6 is 15.9 Å². The highest BCUT2D eigenvalue weighted by Crippen LogP contribution is 2.19. The zero-order valence-corrected chi connectivity index (χ0v) is 11.6. The number of nitrogens with one attached hydrogen (secondary N) is 1. The van der Waals surface area contributed by atoms with Gasteiger partial charge in [0.2, 0.25) is 0 Å². The van der Waals surface area contributed by atoms with Crippen LogP contribution in [0, 0.1) is 6.92 Å². The van der Waals surface area contributed by atoms with Gasteiger partial charge in [0.05, 0.1) is 6.61 Å². The lowest BCUT2D eigenvalue weighted by Crippen LogP contribution is -2.10. The van der Waals surface area contributed by atoms with E-state index in [1.54, 1.807) is 0 Å². The van der Waals surface area contributed by atoms with Gasteiger partial charge in [0.1, 0.15) is 0 Å². The van der Waals surface area contributed by atoms with E-state index in [0.29, 0.717) is 0 Å². The van der Waals surface area contributed by atoms with Gasteiger partial charge in [-0.2, -0.15) is 0 Å². The summed E-state index contributed by atoms with van der Waals surface area (Å²) in [7, 11) is 0. The number of unbranched alkanes of at least 4 members (excludes halogenated alkanes) is 1. The van der Waals surface area contributed by atoms with Crippen LogP contribution in [-0.4, -0.2) is 19.8 Å². The SMILES string of the molecule is CCCCOCCNc1ccc(Br)cc1C. The Hall–Kier alpha value is -0.540. The summed E-state index contributed by atoms with van der Waals surface area (Å²) in [5.41, 5.74) is 2.44. The van der Waals surface area contributed by atoms with E-state index in [1.807, 2.05) is 6.07 Å². The van der Waals surface area contributed by atoms with Crippen LogP contribution in [0.15, 0.2) is 22.7 Å². The Labute approximate surface area is 107 Å². The summed E-state index contributed by atoms with van der Waals surface area (Å²) >= 11 is 3.45. The first kappa shape index (κ1) is 13.5. The fourth-order valence-electron chi connectivity index (χ4n) is 1.43. The summed E-state index contributed by atoms with van der Waals surface area (Å²) in [6.45, 7) is 6.79. The van der Waals surface area contributed by atoms with Crippen molar-refractivity contribution in [3.05, 3.63) is 28.2 Å². The van der Waals surface area contributed by atoms with Gasteiger partial charge in [0.15, 0.2) is 0 Å². The molecule has 0 amide bonds. The zero-order valence-electron chi connectivity index (χ0n) is 10.1. The number of benzene rings is 1. The molecule has 0 aliphatic heterocycles. The van der Waals surface area contributed by atoms with E-state index >= 15 is 0 Å². The van der Waals surface area contributed by atoms with Crippen LogP contribution in [0.5, 0.6) is 0 Å². The second kappa shape index (κ2) is 7.69. The molecule has 1 aromatic rings. The van der Waals surface area contributed by atoms with Crippen molar-refractivity contribution in [3.63, 3.8) is 0 Å². The Bertz CT molecular complexity index is 315. The van der Waals surface area contributed by atoms with Crippen LogP contribution in [0.2, 0.25) is 0 Å². The lowest BCUT2D eigenvalue weighted by atomic mass is 10.2. The molecule has 0 aliphatic carbocycles. The molecule has 0 aromatic heterocycles. The smallest absolute Gasteiger partial charge is 0.0639 e. The molecule has 0 atom stereocenters. The van der Waals surface area contributed by atoms with Gasteiger partial charge in [-0.25, -0.2) is 0 Å². The van der Waals surface area contributed by atoms with Crippen molar-refractivity contribution in [1.82, 2.24) is 0 Å². The lowest BCUT2D eigenvalue weighted by molar-refractivity contribution is 0.141. The standard InChI is InChI=1S/C13H20BrNO/c1-3-4-8-16-9-7-15-13-6-5-12(14)10-11(13)2/h5-6,10,15H,3-4,7-9H2,1-2H3. The molecule has 3 heteroatoms. The Kier molecular flexibility index (Phi) is 6.50. The number of ether oxygens (including phenoxy) is 1. The molecule has 0 fully saturated rings. The molecule has 0 unspecified atom stereocenters. The van der Waals surface area contributed by atoms with E-state index in [4.69, 9.17) is 4.74 Å². The quantitative estimate of drug-likeness (QED) is 0.765. The molecule has 0 radical (unpaired) electrons. The van der Waals surface area contributed by atoms with Crippen LogP contribution in [0.1, 0.15) is 25.3 Å². The Morgan fingerprint density at radius 1 is 1.31 bits per heavy atom. The van der Waals surface area contributed by atoms with E-state index in [9.17, 15) is 0 Å². The van der Waals surface area contributed by atoms with E-state index in [-0.39, 0.29) is 0 Å². The fraction of sp³-hybridized carbons (Fsp3) is 0.538. The van der Waals surface area contributed by atoms with Crippen LogP contribution in [0.25, 0.3) is 0 Å². The van der Waals surface area contributed by atoms with Gasteiger partial charge in [-0.05, 0) is 37.1 Å². The highest BCUT2D eigenvalue weighted by Gasteiger charge is 1.97. The third kappa shape index (κ3) is 4.99. The van der Waals surface area contributed by atoms with Gasteiger partial charge < -0.3 is 10.1 Å². The van der Waals surface area contributed by atoms with E-state index in [1.165, 1.54) is 17.7 Å². The second-order valence-electron chi connectivity index (χ2n) is 3.85. The van der Waals surface area contributed by atoms with Gasteiger partial charge in [-0.3, -0.25) is 0 Å². The average Bonchev–Trinajstić information content (AvgIpc) is 2.26. The van der Waals surface area contributed by atoms with Gasteiger partial charge in [-0.1, -0.05) is 29.3 Å². The molecule has 0 bridgehead atoms. The van der Waals surface area contributed by atoms with E-state index in [0.717, 1.165) is 30.7 Å². The van der Waals surface area contributed by atoms with Crippen molar-refractivity contribution in [3.8, 4) is 0 Å². The first-order chi connectivity index (χ1) is 7.74. The predicted octanol–water partition coefficient (Wildman–Crippen LogP) is 3.99. The molecule has 1 rings (SSSR count). The fourth-order valence-corrected chi connectivity index (χ4v) is 1.91. The van der Waals surface area contributed by atoms with Crippen molar-refractivity contribution < 1.29 is 4.74 Å². The molecule has 2 nitrogen and oxygen atoms in total. The Balaban J connectivity index is 2.21. The molecule has 0 saturated heterocycles. The molecule has 0 saturated carbocycles. The largest absolute Gasteiger partial charge is 0.383 e. The van der Waals surface area contributed by atoms with Crippen molar-refractivity contribution in [2.24, 2.45) is 0 Å². The molecule has 0 spiro atoms. The van der Waals surface area contributed by atoms with E-state index in [2.05, 4.69) is 47.2 Å². The molecule has 1 N–H and O–H groups in total. The van der Waals surface area contributed by atoms with Crippen LogP contribution in [0.3, 0.4) is 0 Å². The summed E-state index contributed by atoms with van der Waals surface area (Å²) in [4.78, 5) is 0. The van der Waals surface area contributed by atoms with Gasteiger partial charge in [0.25, 0.3) is 0 Å². The molecular formula is C13H20BrNO. The summed E-state index contributed by atoms with van der Waals surface area (Å²) < 4.78 is 6.61. The number of anilines is 1. The highest BCUT2D eigenvalue weighted by molar-refractivity contribution is 9.10. The molecule has 0 heterocycles. The van der Waals surface area contributed by atoms with Crippen molar-refractivity contribution >= 4 is 21.6 Å². The monoisotopic (exact) mass is 285 g/mol. The lowest BCUT2D eigenvalue weighted by Gasteiger charge is -2.10. The predicted molar refractivity (Wildman–Crippen MR) is 73.1 cm³/mol. The maximum atomic E-state index is 5.49. The van der Waals surface area contributed by atoms with Crippen molar-refractivity contribution in [2.75, 3.05) is 25.1 Å². The van der Waals surface area contributed by atoms with Crippen LogP contribution < -0.4 is 5.32 Å². The van der Waals surface area contributed by atoms with Crippen LogP contribution in [-0.2, 0) is 4.74 Å². The van der Waals surface area contributed by atoms with E-state index < -0.39 is 0 Å². The Morgan fingerprint density at radius 2 is 2.12 bits per heavy atom. The third-order valence-corrected chi connectivity index (χ3v) is 2.89. The summed E-state index contributed by atoms with van der Waals surface area (Å²) in [6, 6.07) is 6.25. The number of aryl methyl sites for hydroxylation is 1. The van der Waals surface area contributed by atoms with Crippen molar-refractivity contribution in [1.29, 1.82) is 0 Å². The number of hydrogen-bond donors (Lipinski definition) is 1. The molecule has 0 aliphatic rings. The first-order valence-corrected chi connectivity index (χ1v) is 6.61. The maximum absolute atomic E-state index is 5.49. The molecule has 1 aromatic carbocycles. The topological polar surface area (TPSA) is 21.3 Å². The molecule has 90 valence electrons. The van der Waals surface area contributed by atoms with Gasteiger partial charge >= 0.3 is 0 Å². The third-order valence-electron chi connectivity index (χ3n) is 2.39. The number of halogens is 1. The van der Waals surface area contributed by atoms with Crippen molar-refractivity contribution in [2.45, 2.75) is 26.7 Å². The number of rotatable bonds is 7. The molecule has 16 heavy (non-hydrogen) atoms. The maximum Gasteiger partial charge on any atom is 0.0639 e. The Morgan fingerprint density at radius 3 is 2.81 bits per heavy atom. The summed E-state index contributed by atoms with van der Waals surface area (Å²) in [5, 5.41) is 3.37. The van der Waals surface area contributed by atoms with Gasteiger partial charge in [0, 0.05) is 23.3 Å². The minimum absolute atomic E-state index is 0.773. The highest BCUT2D eigenvalue weighted by atomic mass is 79.9.